The molecule has 0 aliphatic carbocycles. The zero-order chi connectivity index (χ0) is 18.8. The van der Waals surface area contributed by atoms with Crippen LogP contribution in [0.5, 0.6) is 0 Å². The van der Waals surface area contributed by atoms with E-state index in [1.165, 1.54) is 26.2 Å². The average Bonchev–Trinajstić information content (AvgIpc) is 2.83. The van der Waals surface area contributed by atoms with Crippen molar-refractivity contribution in [3.05, 3.63) is 50.7 Å². The SMILES string of the molecule is CCN(Cc1ccc(Cl)nc1)C1=C([N+](=O)[O-])C(OC)C(O)(OC)N1C. The highest BCUT2D eigenvalue weighted by atomic mass is 35.5. The smallest absolute Gasteiger partial charge is 0.322 e. The van der Waals surface area contributed by atoms with Crippen LogP contribution >= 0.6 is 11.6 Å². The van der Waals surface area contributed by atoms with E-state index in [9.17, 15) is 15.2 Å². The van der Waals surface area contributed by atoms with Gasteiger partial charge in [0.05, 0.1) is 4.92 Å². The van der Waals surface area contributed by atoms with E-state index in [2.05, 4.69) is 4.98 Å². The number of methoxy groups -OCH3 is 2. The van der Waals surface area contributed by atoms with Crippen LogP contribution in [0.4, 0.5) is 0 Å². The van der Waals surface area contributed by atoms with Gasteiger partial charge in [0.15, 0.2) is 5.82 Å². The van der Waals surface area contributed by atoms with Gasteiger partial charge in [0.1, 0.15) is 5.15 Å². The average molecular weight is 373 g/mol. The lowest BCUT2D eigenvalue weighted by atomic mass is 10.2. The Hall–Kier alpha value is -1.94. The van der Waals surface area contributed by atoms with Gasteiger partial charge >= 0.3 is 5.70 Å². The summed E-state index contributed by atoms with van der Waals surface area (Å²) >= 11 is 5.79. The summed E-state index contributed by atoms with van der Waals surface area (Å²) in [5.74, 6) is -1.75. The van der Waals surface area contributed by atoms with Crippen LogP contribution in [0.15, 0.2) is 29.8 Å². The third-order valence-electron chi connectivity index (χ3n) is 4.19. The lowest BCUT2D eigenvalue weighted by molar-refractivity contribution is -0.445. The molecule has 0 bridgehead atoms. The Morgan fingerprint density at radius 1 is 1.52 bits per heavy atom. The van der Waals surface area contributed by atoms with Crippen molar-refractivity contribution < 1.29 is 19.5 Å². The Balaban J connectivity index is 2.47. The van der Waals surface area contributed by atoms with E-state index in [-0.39, 0.29) is 11.5 Å². The summed E-state index contributed by atoms with van der Waals surface area (Å²) in [7, 11) is 4.07. The molecule has 9 nitrogen and oxygen atoms in total. The van der Waals surface area contributed by atoms with Crippen LogP contribution in [0.25, 0.3) is 0 Å². The molecule has 10 heteroatoms. The summed E-state index contributed by atoms with van der Waals surface area (Å²) in [5.41, 5.74) is 0.551. The lowest BCUT2D eigenvalue weighted by Gasteiger charge is -2.36. The maximum absolute atomic E-state index is 11.7. The third kappa shape index (κ3) is 3.40. The number of nitro groups is 1. The van der Waals surface area contributed by atoms with Crippen molar-refractivity contribution in [2.45, 2.75) is 25.5 Å². The molecule has 0 amide bonds. The van der Waals surface area contributed by atoms with Gasteiger partial charge in [0.25, 0.3) is 5.91 Å². The van der Waals surface area contributed by atoms with E-state index in [1.807, 2.05) is 6.92 Å². The second-order valence-corrected chi connectivity index (χ2v) is 5.89. The summed E-state index contributed by atoms with van der Waals surface area (Å²) < 4.78 is 10.3. The molecule has 1 N–H and O–H groups in total. The van der Waals surface area contributed by atoms with Crippen molar-refractivity contribution in [3.8, 4) is 0 Å². The van der Waals surface area contributed by atoms with Crippen LogP contribution in [0.3, 0.4) is 0 Å². The second kappa shape index (κ2) is 7.52. The molecule has 0 spiro atoms. The fourth-order valence-electron chi connectivity index (χ4n) is 2.91. The topological polar surface area (TPSA) is 101 Å². The van der Waals surface area contributed by atoms with Crippen molar-refractivity contribution in [1.82, 2.24) is 14.8 Å². The predicted octanol–water partition coefficient (Wildman–Crippen LogP) is 1.26. The highest BCUT2D eigenvalue weighted by molar-refractivity contribution is 6.29. The molecule has 1 aromatic heterocycles. The Bertz CT molecular complexity index is 668. The highest BCUT2D eigenvalue weighted by Gasteiger charge is 2.59. The van der Waals surface area contributed by atoms with Gasteiger partial charge in [-0.2, -0.15) is 0 Å². The van der Waals surface area contributed by atoms with Gasteiger partial charge < -0.3 is 24.4 Å². The lowest BCUT2D eigenvalue weighted by Crippen LogP contribution is -2.53. The molecule has 1 aromatic rings. The van der Waals surface area contributed by atoms with Crippen LogP contribution in [-0.2, 0) is 16.0 Å². The molecule has 0 aromatic carbocycles. The molecule has 0 saturated heterocycles. The summed E-state index contributed by atoms with van der Waals surface area (Å²) in [4.78, 5) is 18.2. The standard InChI is InChI=1S/C15H21ClN4O5/c1-5-19(9-10-6-7-11(16)17-8-10)14-12(20(22)23)13(24-3)15(21,25-4)18(14)2/h6-8,13,21H,5,9H2,1-4H3. The number of halogens is 1. The first-order chi connectivity index (χ1) is 11.8. The molecule has 25 heavy (non-hydrogen) atoms. The van der Waals surface area contributed by atoms with Gasteiger partial charge in [-0.1, -0.05) is 17.7 Å². The molecule has 1 aliphatic rings. The molecule has 1 aliphatic heterocycles. The monoisotopic (exact) mass is 372 g/mol. The summed E-state index contributed by atoms with van der Waals surface area (Å²) in [5, 5.41) is 22.8. The van der Waals surface area contributed by atoms with Crippen LogP contribution in [0.2, 0.25) is 5.15 Å². The third-order valence-corrected chi connectivity index (χ3v) is 4.42. The van der Waals surface area contributed by atoms with Crippen LogP contribution in [-0.4, -0.2) is 64.6 Å². The van der Waals surface area contributed by atoms with Gasteiger partial charge in [-0.05, 0) is 18.6 Å². The minimum atomic E-state index is -1.97. The van der Waals surface area contributed by atoms with Gasteiger partial charge in [-0.3, -0.25) is 10.1 Å². The minimum Gasteiger partial charge on any atom is -0.363 e. The maximum Gasteiger partial charge on any atom is 0.322 e. The highest BCUT2D eigenvalue weighted by Crippen LogP contribution is 2.39. The predicted molar refractivity (Wildman–Crippen MR) is 89.9 cm³/mol. The minimum absolute atomic E-state index is 0.221. The molecule has 2 atom stereocenters. The van der Waals surface area contributed by atoms with Crippen molar-refractivity contribution in [2.24, 2.45) is 0 Å². The van der Waals surface area contributed by atoms with E-state index in [0.717, 1.165) is 5.56 Å². The van der Waals surface area contributed by atoms with Gasteiger partial charge in [-0.25, -0.2) is 4.98 Å². The quantitative estimate of drug-likeness (QED) is 0.330. The number of rotatable bonds is 7. The zero-order valence-electron chi connectivity index (χ0n) is 14.5. The molecule has 2 rings (SSSR count). The molecule has 0 saturated carbocycles. The van der Waals surface area contributed by atoms with Gasteiger partial charge in [0.2, 0.25) is 6.10 Å². The van der Waals surface area contributed by atoms with E-state index < -0.39 is 16.9 Å². The summed E-state index contributed by atoms with van der Waals surface area (Å²) in [6, 6.07) is 3.44. The molecule has 0 fully saturated rings. The van der Waals surface area contributed by atoms with Gasteiger partial charge in [-0.15, -0.1) is 0 Å². The molecule has 0 radical (unpaired) electrons. The Kier molecular flexibility index (Phi) is 5.83. The Morgan fingerprint density at radius 2 is 2.20 bits per heavy atom. The number of pyridine rings is 1. The first-order valence-electron chi connectivity index (χ1n) is 7.58. The van der Waals surface area contributed by atoms with E-state index >= 15 is 0 Å². The van der Waals surface area contributed by atoms with Crippen molar-refractivity contribution in [1.29, 1.82) is 0 Å². The molecule has 2 heterocycles. The Morgan fingerprint density at radius 3 is 2.64 bits per heavy atom. The largest absolute Gasteiger partial charge is 0.363 e. The zero-order valence-corrected chi connectivity index (χ0v) is 15.2. The second-order valence-electron chi connectivity index (χ2n) is 5.51. The fraction of sp³-hybridized carbons (Fsp3) is 0.533. The number of ether oxygens (including phenoxy) is 2. The number of nitrogens with zero attached hydrogens (tertiary/aromatic N) is 4. The molecule has 2 unspecified atom stereocenters. The van der Waals surface area contributed by atoms with Crippen LogP contribution in [0, 0.1) is 10.1 Å². The summed E-state index contributed by atoms with van der Waals surface area (Å²) in [6.07, 6.45) is 0.341. The number of hydrogen-bond acceptors (Lipinski definition) is 8. The van der Waals surface area contributed by atoms with Crippen molar-refractivity contribution >= 4 is 11.6 Å². The Labute approximate surface area is 150 Å². The van der Waals surface area contributed by atoms with Crippen molar-refractivity contribution in [3.63, 3.8) is 0 Å². The van der Waals surface area contributed by atoms with Crippen LogP contribution in [0.1, 0.15) is 12.5 Å². The van der Waals surface area contributed by atoms with Gasteiger partial charge in [0, 0.05) is 40.6 Å². The number of aromatic nitrogens is 1. The fourth-order valence-corrected chi connectivity index (χ4v) is 3.02. The van der Waals surface area contributed by atoms with E-state index in [0.29, 0.717) is 18.2 Å². The number of hydrogen-bond donors (Lipinski definition) is 1. The molecule has 138 valence electrons. The molecular formula is C15H21ClN4O5. The number of likely N-dealkylation sites (N-methyl/N-ethyl adjacent to an activating group) is 1. The maximum atomic E-state index is 11.7. The summed E-state index contributed by atoms with van der Waals surface area (Å²) in [6.45, 7) is 2.65. The van der Waals surface area contributed by atoms with E-state index in [1.54, 1.807) is 23.2 Å². The van der Waals surface area contributed by atoms with Crippen LogP contribution < -0.4 is 0 Å². The first kappa shape index (κ1) is 19.4. The number of aliphatic hydroxyl groups is 1. The normalized spacial score (nSPS) is 23.3. The van der Waals surface area contributed by atoms with E-state index in [4.69, 9.17) is 21.1 Å². The molecular weight excluding hydrogens is 352 g/mol. The first-order valence-corrected chi connectivity index (χ1v) is 7.96. The van der Waals surface area contributed by atoms with Crippen molar-refractivity contribution in [2.75, 3.05) is 27.8 Å².